The number of aromatic nitrogens is 4. The summed E-state index contributed by atoms with van der Waals surface area (Å²) in [4.78, 5) is 16.6. The van der Waals surface area contributed by atoms with Gasteiger partial charge in [0.05, 0.1) is 5.25 Å². The first kappa shape index (κ1) is 19.4. The van der Waals surface area contributed by atoms with Crippen LogP contribution in [0.4, 0.5) is 5.69 Å². The number of halogens is 1. The van der Waals surface area contributed by atoms with Crippen LogP contribution in [0.1, 0.15) is 20.3 Å². The fourth-order valence-electron chi connectivity index (χ4n) is 2.50. The SMILES string of the molecule is CCCn1c(S[C@@H](C)C(=O)Nc2ccc(Cl)cc2)nnc1-c1ccncc1. The molecule has 140 valence electrons. The standard InChI is InChI=1S/C19H20ClN5OS/c1-3-12-25-17(14-8-10-21-11-9-14)23-24-19(25)27-13(2)18(26)22-16-6-4-15(20)5-7-16/h4-11,13H,3,12H2,1-2H3,(H,22,26)/t13-/m0/s1. The molecule has 8 heteroatoms. The maximum absolute atomic E-state index is 12.5. The van der Waals surface area contributed by atoms with E-state index >= 15 is 0 Å². The Bertz CT molecular complexity index is 898. The number of anilines is 1. The van der Waals surface area contributed by atoms with Crippen LogP contribution >= 0.6 is 23.4 Å². The largest absolute Gasteiger partial charge is 0.325 e. The summed E-state index contributed by atoms with van der Waals surface area (Å²) >= 11 is 7.27. The smallest absolute Gasteiger partial charge is 0.237 e. The maximum atomic E-state index is 12.5. The molecule has 0 bridgehead atoms. The van der Waals surface area contributed by atoms with Gasteiger partial charge in [-0.3, -0.25) is 9.78 Å². The minimum Gasteiger partial charge on any atom is -0.325 e. The van der Waals surface area contributed by atoms with Crippen LogP contribution in [0.3, 0.4) is 0 Å². The lowest BCUT2D eigenvalue weighted by Gasteiger charge is -2.13. The second-order valence-corrected chi connectivity index (χ2v) is 7.69. The quantitative estimate of drug-likeness (QED) is 0.589. The van der Waals surface area contributed by atoms with Gasteiger partial charge in [-0.05, 0) is 49.7 Å². The Morgan fingerprint density at radius 2 is 1.89 bits per heavy atom. The number of pyridine rings is 1. The molecular formula is C19H20ClN5OS. The van der Waals surface area contributed by atoms with Crippen LogP contribution in [0.15, 0.2) is 53.9 Å². The van der Waals surface area contributed by atoms with Crippen molar-refractivity contribution in [3.8, 4) is 11.4 Å². The van der Waals surface area contributed by atoms with E-state index in [0.717, 1.165) is 29.5 Å². The molecule has 0 fully saturated rings. The molecular weight excluding hydrogens is 382 g/mol. The normalized spacial score (nSPS) is 12.0. The molecule has 0 saturated heterocycles. The highest BCUT2D eigenvalue weighted by Gasteiger charge is 2.20. The predicted molar refractivity (Wildman–Crippen MR) is 109 cm³/mol. The number of rotatable bonds is 7. The zero-order valence-corrected chi connectivity index (χ0v) is 16.7. The Hall–Kier alpha value is -2.38. The molecule has 0 radical (unpaired) electrons. The van der Waals surface area contributed by atoms with Crippen molar-refractivity contribution >= 4 is 35.0 Å². The van der Waals surface area contributed by atoms with E-state index in [1.807, 2.05) is 23.6 Å². The van der Waals surface area contributed by atoms with Gasteiger partial charge in [0.1, 0.15) is 0 Å². The lowest BCUT2D eigenvalue weighted by atomic mass is 10.2. The van der Waals surface area contributed by atoms with Gasteiger partial charge in [-0.15, -0.1) is 10.2 Å². The molecule has 2 aromatic heterocycles. The minimum absolute atomic E-state index is 0.0983. The summed E-state index contributed by atoms with van der Waals surface area (Å²) in [6.07, 6.45) is 4.40. The first-order chi connectivity index (χ1) is 13.1. The van der Waals surface area contributed by atoms with E-state index in [1.165, 1.54) is 11.8 Å². The van der Waals surface area contributed by atoms with Crippen molar-refractivity contribution in [3.63, 3.8) is 0 Å². The summed E-state index contributed by atoms with van der Waals surface area (Å²) in [6.45, 7) is 4.73. The minimum atomic E-state index is -0.328. The molecule has 1 atom stereocenters. The van der Waals surface area contributed by atoms with Crippen LogP contribution in [-0.2, 0) is 11.3 Å². The van der Waals surface area contributed by atoms with Crippen molar-refractivity contribution in [1.29, 1.82) is 0 Å². The van der Waals surface area contributed by atoms with E-state index in [1.54, 1.807) is 36.7 Å². The highest BCUT2D eigenvalue weighted by molar-refractivity contribution is 8.00. The number of hydrogen-bond donors (Lipinski definition) is 1. The van der Waals surface area contributed by atoms with Crippen molar-refractivity contribution in [3.05, 3.63) is 53.8 Å². The van der Waals surface area contributed by atoms with Crippen LogP contribution in [-0.4, -0.2) is 30.9 Å². The summed E-state index contributed by atoms with van der Waals surface area (Å²) in [6, 6.07) is 10.8. The van der Waals surface area contributed by atoms with Gasteiger partial charge in [-0.25, -0.2) is 0 Å². The van der Waals surface area contributed by atoms with Crippen LogP contribution in [0, 0.1) is 0 Å². The summed E-state index contributed by atoms with van der Waals surface area (Å²) in [5.74, 6) is 0.686. The number of nitrogens with zero attached hydrogens (tertiary/aromatic N) is 4. The van der Waals surface area contributed by atoms with E-state index in [9.17, 15) is 4.79 Å². The molecule has 27 heavy (non-hydrogen) atoms. The van der Waals surface area contributed by atoms with Crippen molar-refractivity contribution < 1.29 is 4.79 Å². The Kier molecular flexibility index (Phi) is 6.47. The number of benzene rings is 1. The Balaban J connectivity index is 1.75. The number of hydrogen-bond acceptors (Lipinski definition) is 5. The number of carbonyl (C=O) groups excluding carboxylic acids is 1. The average Bonchev–Trinajstić information content (AvgIpc) is 3.07. The average molecular weight is 402 g/mol. The summed E-state index contributed by atoms with van der Waals surface area (Å²) < 4.78 is 2.05. The molecule has 0 aliphatic carbocycles. The van der Waals surface area contributed by atoms with Crippen molar-refractivity contribution in [2.24, 2.45) is 0 Å². The molecule has 0 aliphatic heterocycles. The molecule has 1 aromatic carbocycles. The van der Waals surface area contributed by atoms with E-state index in [4.69, 9.17) is 11.6 Å². The molecule has 0 aliphatic rings. The first-order valence-electron chi connectivity index (χ1n) is 8.65. The predicted octanol–water partition coefficient (Wildman–Crippen LogP) is 4.52. The second kappa shape index (κ2) is 9.01. The van der Waals surface area contributed by atoms with Crippen molar-refractivity contribution in [2.75, 3.05) is 5.32 Å². The molecule has 0 unspecified atom stereocenters. The zero-order chi connectivity index (χ0) is 19.2. The number of amides is 1. The van der Waals surface area contributed by atoms with E-state index in [-0.39, 0.29) is 11.2 Å². The molecule has 0 saturated carbocycles. The molecule has 3 aromatic rings. The second-order valence-electron chi connectivity index (χ2n) is 5.95. The van der Waals surface area contributed by atoms with Crippen LogP contribution in [0.2, 0.25) is 5.02 Å². The molecule has 1 N–H and O–H groups in total. The van der Waals surface area contributed by atoms with Gasteiger partial charge in [0.15, 0.2) is 11.0 Å². The number of nitrogens with one attached hydrogen (secondary N) is 1. The summed E-state index contributed by atoms with van der Waals surface area (Å²) in [5, 5.41) is 12.6. The third kappa shape index (κ3) is 4.87. The Labute approximate surface area is 167 Å². The van der Waals surface area contributed by atoms with Gasteiger partial charge in [0.2, 0.25) is 5.91 Å². The molecule has 2 heterocycles. The lowest BCUT2D eigenvalue weighted by Crippen LogP contribution is -2.23. The third-order valence-corrected chi connectivity index (χ3v) is 5.20. The van der Waals surface area contributed by atoms with Crippen LogP contribution in [0.25, 0.3) is 11.4 Å². The fourth-order valence-corrected chi connectivity index (χ4v) is 3.51. The summed E-state index contributed by atoms with van der Waals surface area (Å²) in [5.41, 5.74) is 1.67. The van der Waals surface area contributed by atoms with Gasteiger partial charge >= 0.3 is 0 Å². The number of carbonyl (C=O) groups is 1. The van der Waals surface area contributed by atoms with Crippen molar-refractivity contribution in [2.45, 2.75) is 37.2 Å². The molecule has 1 amide bonds. The van der Waals surface area contributed by atoms with Crippen LogP contribution < -0.4 is 5.32 Å². The lowest BCUT2D eigenvalue weighted by molar-refractivity contribution is -0.115. The van der Waals surface area contributed by atoms with Gasteiger partial charge in [0, 0.05) is 35.2 Å². The number of thioether (sulfide) groups is 1. The van der Waals surface area contributed by atoms with E-state index in [2.05, 4.69) is 27.4 Å². The van der Waals surface area contributed by atoms with Gasteiger partial charge in [0.25, 0.3) is 0 Å². The molecule has 3 rings (SSSR count). The molecule has 0 spiro atoms. The first-order valence-corrected chi connectivity index (χ1v) is 9.91. The highest BCUT2D eigenvalue weighted by Crippen LogP contribution is 2.27. The van der Waals surface area contributed by atoms with Gasteiger partial charge in [-0.1, -0.05) is 30.3 Å². The fraction of sp³-hybridized carbons (Fsp3) is 0.263. The highest BCUT2D eigenvalue weighted by atomic mass is 35.5. The topological polar surface area (TPSA) is 72.7 Å². The molecule has 6 nitrogen and oxygen atoms in total. The Morgan fingerprint density at radius 3 is 2.56 bits per heavy atom. The monoisotopic (exact) mass is 401 g/mol. The third-order valence-electron chi connectivity index (χ3n) is 3.87. The van der Waals surface area contributed by atoms with Crippen molar-refractivity contribution in [1.82, 2.24) is 19.7 Å². The van der Waals surface area contributed by atoms with E-state index < -0.39 is 0 Å². The summed E-state index contributed by atoms with van der Waals surface area (Å²) in [7, 11) is 0. The van der Waals surface area contributed by atoms with Gasteiger partial charge in [-0.2, -0.15) is 0 Å². The van der Waals surface area contributed by atoms with Gasteiger partial charge < -0.3 is 9.88 Å². The zero-order valence-electron chi connectivity index (χ0n) is 15.1. The Morgan fingerprint density at radius 1 is 1.19 bits per heavy atom. The van der Waals surface area contributed by atoms with E-state index in [0.29, 0.717) is 10.7 Å². The van der Waals surface area contributed by atoms with Crippen LogP contribution in [0.5, 0.6) is 0 Å². The maximum Gasteiger partial charge on any atom is 0.237 e.